The van der Waals surface area contributed by atoms with Crippen LogP contribution in [0.5, 0.6) is 11.5 Å². The second-order valence-corrected chi connectivity index (χ2v) is 13.3. The van der Waals surface area contributed by atoms with Gasteiger partial charge in [0.15, 0.2) is 5.60 Å². The number of nitrogens with one attached hydrogen (secondary N) is 1. The normalized spacial score (nSPS) is 19.0. The quantitative estimate of drug-likeness (QED) is 0.225. The van der Waals surface area contributed by atoms with Gasteiger partial charge in [-0.2, -0.15) is 4.31 Å². The number of nitrogens with zero attached hydrogens (tertiary/aromatic N) is 2. The zero-order valence-corrected chi connectivity index (χ0v) is 25.7. The number of anilines is 3. The first-order valence-corrected chi connectivity index (χ1v) is 16.7. The van der Waals surface area contributed by atoms with Crippen LogP contribution in [0.15, 0.2) is 89.8 Å². The Balaban J connectivity index is 1.27. The Bertz CT molecular complexity index is 1850. The third-order valence-corrected chi connectivity index (χ3v) is 10.8. The van der Waals surface area contributed by atoms with Gasteiger partial charge in [-0.05, 0) is 87.4 Å². The molecule has 1 N–H and O–H groups in total. The number of ether oxygens (including phenoxy) is 2. The molecule has 1 unspecified atom stereocenters. The summed E-state index contributed by atoms with van der Waals surface area (Å²) in [6.07, 6.45) is 2.85. The monoisotopic (exact) mass is 609 g/mol. The van der Waals surface area contributed by atoms with E-state index in [1.807, 2.05) is 48.5 Å². The van der Waals surface area contributed by atoms with Gasteiger partial charge in [-0.3, -0.25) is 0 Å². The van der Waals surface area contributed by atoms with Crippen LogP contribution in [0.25, 0.3) is 0 Å². The Labute approximate surface area is 258 Å². The van der Waals surface area contributed by atoms with E-state index in [2.05, 4.69) is 30.1 Å². The van der Waals surface area contributed by atoms with Crippen molar-refractivity contribution >= 4 is 33.1 Å². The summed E-state index contributed by atoms with van der Waals surface area (Å²) in [4.78, 5) is 15.8. The van der Waals surface area contributed by atoms with Gasteiger partial charge in [0, 0.05) is 66.0 Å². The molecular formula is C35H35N3O5S. The van der Waals surface area contributed by atoms with Gasteiger partial charge in [0.25, 0.3) is 0 Å². The third-order valence-electron chi connectivity index (χ3n) is 8.92. The van der Waals surface area contributed by atoms with E-state index in [1.165, 1.54) is 0 Å². The number of benzene rings is 4. The lowest BCUT2D eigenvalue weighted by Crippen LogP contribution is -2.35. The summed E-state index contributed by atoms with van der Waals surface area (Å²) in [7, 11) is -3.52. The topological polar surface area (TPSA) is 88.2 Å². The molecule has 4 aromatic rings. The van der Waals surface area contributed by atoms with Crippen molar-refractivity contribution in [2.45, 2.75) is 43.6 Å². The van der Waals surface area contributed by atoms with Gasteiger partial charge in [0.05, 0.1) is 10.5 Å². The number of piperidine rings is 1. The molecule has 3 aliphatic rings. The minimum absolute atomic E-state index is 0.290. The highest BCUT2D eigenvalue weighted by atomic mass is 32.2. The number of hydrogen-bond acceptors (Lipinski definition) is 7. The molecule has 226 valence electrons. The molecule has 9 heteroatoms. The van der Waals surface area contributed by atoms with Crippen molar-refractivity contribution in [3.8, 4) is 11.5 Å². The Morgan fingerprint density at radius 3 is 2.27 bits per heavy atom. The highest BCUT2D eigenvalue weighted by molar-refractivity contribution is 7.89. The first-order chi connectivity index (χ1) is 21.3. The van der Waals surface area contributed by atoms with E-state index in [9.17, 15) is 13.2 Å². The number of rotatable bonds is 7. The average molecular weight is 610 g/mol. The molecular weight excluding hydrogens is 574 g/mol. The summed E-state index contributed by atoms with van der Waals surface area (Å²) >= 11 is 0. The molecule has 8 nitrogen and oxygen atoms in total. The summed E-state index contributed by atoms with van der Waals surface area (Å²) in [5, 5.41) is 3.41. The smallest absolute Gasteiger partial charge is 0.340 e. The van der Waals surface area contributed by atoms with Crippen LogP contribution in [0.1, 0.15) is 60.2 Å². The second kappa shape index (κ2) is 11.0. The van der Waals surface area contributed by atoms with Crippen molar-refractivity contribution in [2.24, 2.45) is 0 Å². The molecule has 1 atom stereocenters. The van der Waals surface area contributed by atoms with Crippen LogP contribution in [0.4, 0.5) is 17.1 Å². The number of esters is 1. The zero-order chi connectivity index (χ0) is 30.5. The molecule has 0 bridgehead atoms. The van der Waals surface area contributed by atoms with Gasteiger partial charge in [-0.15, -0.1) is 0 Å². The zero-order valence-electron chi connectivity index (χ0n) is 24.9. The van der Waals surface area contributed by atoms with Crippen LogP contribution in [0.2, 0.25) is 0 Å². The van der Waals surface area contributed by atoms with Crippen molar-refractivity contribution in [2.75, 3.05) is 36.4 Å². The molecule has 0 radical (unpaired) electrons. The maximum atomic E-state index is 13.3. The Hall–Kier alpha value is -4.34. The largest absolute Gasteiger partial charge is 0.456 e. The van der Waals surface area contributed by atoms with Crippen molar-refractivity contribution in [3.63, 3.8) is 0 Å². The fourth-order valence-corrected chi connectivity index (χ4v) is 8.17. The lowest BCUT2D eigenvalue weighted by molar-refractivity contribution is 0.0224. The van der Waals surface area contributed by atoms with Gasteiger partial charge in [-0.25, -0.2) is 13.2 Å². The minimum Gasteiger partial charge on any atom is -0.456 e. The van der Waals surface area contributed by atoms with Gasteiger partial charge in [-0.1, -0.05) is 24.6 Å². The maximum absolute atomic E-state index is 13.3. The Morgan fingerprint density at radius 1 is 0.795 bits per heavy atom. The standard InChI is InChI=1S/C35H35N3O5S/c1-3-37(4-2)26-15-18-30-33(23-26)42-32-19-14-25(22-31(32)35(30)29-11-7-6-10-28(29)34(39)43-35)36-24-12-16-27(17-13-24)44(40,41)38-20-8-5-9-21-38/h6-7,10-19,22-23,36H,3-5,8-9,20-21H2,1-2H3. The number of sulfonamides is 1. The van der Waals surface area contributed by atoms with Gasteiger partial charge >= 0.3 is 5.97 Å². The highest BCUT2D eigenvalue weighted by Gasteiger charge is 2.53. The molecule has 3 aliphatic heterocycles. The lowest BCUT2D eigenvalue weighted by Gasteiger charge is -2.37. The van der Waals surface area contributed by atoms with Crippen molar-refractivity contribution in [1.29, 1.82) is 0 Å². The highest BCUT2D eigenvalue weighted by Crippen LogP contribution is 2.57. The average Bonchev–Trinajstić information content (AvgIpc) is 3.35. The fraction of sp³-hybridized carbons (Fsp3) is 0.286. The van der Waals surface area contributed by atoms with Crippen LogP contribution in [-0.4, -0.2) is 44.9 Å². The molecule has 4 aromatic carbocycles. The predicted octanol–water partition coefficient (Wildman–Crippen LogP) is 7.02. The van der Waals surface area contributed by atoms with E-state index in [0.717, 1.165) is 60.5 Å². The molecule has 44 heavy (non-hydrogen) atoms. The van der Waals surface area contributed by atoms with Crippen molar-refractivity contribution < 1.29 is 22.7 Å². The minimum atomic E-state index is -3.52. The van der Waals surface area contributed by atoms with Crippen LogP contribution in [-0.2, 0) is 20.4 Å². The Kier molecular flexibility index (Phi) is 7.10. The van der Waals surface area contributed by atoms with E-state index in [1.54, 1.807) is 34.6 Å². The van der Waals surface area contributed by atoms with Crippen LogP contribution in [0, 0.1) is 0 Å². The molecule has 1 spiro atoms. The number of carbonyl (C=O) groups is 1. The van der Waals surface area contributed by atoms with Gasteiger partial charge in [0.2, 0.25) is 10.0 Å². The second-order valence-electron chi connectivity index (χ2n) is 11.4. The lowest BCUT2D eigenvalue weighted by atomic mass is 9.77. The first kappa shape index (κ1) is 28.4. The van der Waals surface area contributed by atoms with Crippen LogP contribution >= 0.6 is 0 Å². The molecule has 0 aromatic heterocycles. The van der Waals surface area contributed by atoms with E-state index in [-0.39, 0.29) is 10.9 Å². The van der Waals surface area contributed by atoms with E-state index >= 15 is 0 Å². The van der Waals surface area contributed by atoms with E-state index in [4.69, 9.17) is 9.47 Å². The molecule has 7 rings (SSSR count). The summed E-state index contributed by atoms with van der Waals surface area (Å²) < 4.78 is 40.7. The number of hydrogen-bond donors (Lipinski definition) is 1. The van der Waals surface area contributed by atoms with Crippen molar-refractivity contribution in [3.05, 3.63) is 107 Å². The van der Waals surface area contributed by atoms with Crippen molar-refractivity contribution in [1.82, 2.24) is 4.31 Å². The molecule has 0 saturated carbocycles. The van der Waals surface area contributed by atoms with E-state index in [0.29, 0.717) is 35.7 Å². The molecule has 0 amide bonds. The maximum Gasteiger partial charge on any atom is 0.340 e. The van der Waals surface area contributed by atoms with E-state index < -0.39 is 15.6 Å². The fourth-order valence-electron chi connectivity index (χ4n) is 6.66. The first-order valence-electron chi connectivity index (χ1n) is 15.3. The molecule has 1 fully saturated rings. The SMILES string of the molecule is CCN(CC)c1ccc2c(c1)Oc1ccc(Nc3ccc(S(=O)(=O)N4CCCCC4)cc3)cc1C21OC(=O)c2ccccc21. The Morgan fingerprint density at radius 2 is 1.52 bits per heavy atom. The molecule has 1 saturated heterocycles. The summed E-state index contributed by atoms with van der Waals surface area (Å²) in [5.41, 5.74) is 4.13. The van der Waals surface area contributed by atoms with Crippen LogP contribution < -0.4 is 15.0 Å². The summed E-state index contributed by atoms with van der Waals surface area (Å²) in [5.74, 6) is 0.876. The third kappa shape index (κ3) is 4.53. The number of fused-ring (bicyclic) bond motifs is 6. The van der Waals surface area contributed by atoms with Gasteiger partial charge < -0.3 is 19.7 Å². The summed E-state index contributed by atoms with van der Waals surface area (Å²) in [6, 6.07) is 26.2. The van der Waals surface area contributed by atoms with Crippen LogP contribution in [0.3, 0.4) is 0 Å². The van der Waals surface area contributed by atoms with Gasteiger partial charge in [0.1, 0.15) is 11.5 Å². The summed E-state index contributed by atoms with van der Waals surface area (Å²) in [6.45, 7) is 7.07. The predicted molar refractivity (Wildman–Crippen MR) is 171 cm³/mol. The molecule has 0 aliphatic carbocycles. The molecule has 3 heterocycles. The number of carbonyl (C=O) groups excluding carboxylic acids is 1.